The molecule has 0 bridgehead atoms. The van der Waals surface area contributed by atoms with Crippen LogP contribution < -0.4 is 10.1 Å². The molecule has 0 saturated heterocycles. The van der Waals surface area contributed by atoms with E-state index < -0.39 is 0 Å². The summed E-state index contributed by atoms with van der Waals surface area (Å²) in [4.78, 5) is 0. The summed E-state index contributed by atoms with van der Waals surface area (Å²) in [5, 5.41) is 3.35. The van der Waals surface area contributed by atoms with E-state index >= 15 is 0 Å². The average molecular weight is 350 g/mol. The smallest absolute Gasteiger partial charge is 0.125 e. The molecular formula is C17H20BrNO2. The van der Waals surface area contributed by atoms with Crippen LogP contribution in [0.25, 0.3) is 0 Å². The van der Waals surface area contributed by atoms with E-state index in [1.807, 2.05) is 36.4 Å². The highest BCUT2D eigenvalue weighted by molar-refractivity contribution is 9.10. The second-order valence-corrected chi connectivity index (χ2v) is 5.51. The first kappa shape index (κ1) is 16.0. The first-order chi connectivity index (χ1) is 10.3. The van der Waals surface area contributed by atoms with Gasteiger partial charge in [-0.3, -0.25) is 0 Å². The van der Waals surface area contributed by atoms with Gasteiger partial charge in [-0.05, 0) is 17.7 Å². The minimum atomic E-state index is 0.572. The number of methoxy groups -OCH3 is 1. The lowest BCUT2D eigenvalue weighted by molar-refractivity contribution is 0.199. The molecule has 0 radical (unpaired) electrons. The highest BCUT2D eigenvalue weighted by atomic mass is 79.9. The number of ether oxygens (including phenoxy) is 2. The number of benzene rings is 2. The standard InChI is InChI=1S/C17H20BrNO2/c1-20-11-10-19-12-15-16(18)8-5-9-17(15)21-13-14-6-3-2-4-7-14/h2-9,19H,10-13H2,1H3. The Labute approximate surface area is 134 Å². The predicted molar refractivity (Wildman–Crippen MR) is 88.5 cm³/mol. The molecule has 0 aliphatic heterocycles. The van der Waals surface area contributed by atoms with Crippen LogP contribution in [0, 0.1) is 0 Å². The Bertz CT molecular complexity index is 546. The van der Waals surface area contributed by atoms with Crippen molar-refractivity contribution in [3.05, 3.63) is 64.1 Å². The van der Waals surface area contributed by atoms with Crippen LogP contribution in [0.15, 0.2) is 53.0 Å². The molecule has 0 amide bonds. The highest BCUT2D eigenvalue weighted by Gasteiger charge is 2.07. The minimum Gasteiger partial charge on any atom is -0.489 e. The molecule has 0 fully saturated rings. The van der Waals surface area contributed by atoms with Crippen LogP contribution in [0.2, 0.25) is 0 Å². The van der Waals surface area contributed by atoms with Gasteiger partial charge in [-0.1, -0.05) is 52.3 Å². The van der Waals surface area contributed by atoms with Gasteiger partial charge in [0.25, 0.3) is 0 Å². The largest absolute Gasteiger partial charge is 0.489 e. The van der Waals surface area contributed by atoms with Gasteiger partial charge in [-0.25, -0.2) is 0 Å². The molecule has 0 aliphatic rings. The molecule has 1 N–H and O–H groups in total. The molecule has 2 aromatic rings. The summed E-state index contributed by atoms with van der Waals surface area (Å²) in [5.74, 6) is 0.901. The van der Waals surface area contributed by atoms with Crippen LogP contribution in [0.5, 0.6) is 5.75 Å². The van der Waals surface area contributed by atoms with Gasteiger partial charge in [0, 0.05) is 30.2 Å². The van der Waals surface area contributed by atoms with Crippen molar-refractivity contribution in [2.45, 2.75) is 13.2 Å². The van der Waals surface area contributed by atoms with Gasteiger partial charge in [0.2, 0.25) is 0 Å². The van der Waals surface area contributed by atoms with E-state index in [0.717, 1.165) is 34.4 Å². The third kappa shape index (κ3) is 5.16. The van der Waals surface area contributed by atoms with Crippen LogP contribution in [0.1, 0.15) is 11.1 Å². The summed E-state index contributed by atoms with van der Waals surface area (Å²) in [6.45, 7) is 2.83. The number of nitrogens with one attached hydrogen (secondary N) is 1. The Balaban J connectivity index is 1.99. The molecule has 3 nitrogen and oxygen atoms in total. The number of hydrogen-bond donors (Lipinski definition) is 1. The van der Waals surface area contributed by atoms with Crippen LogP contribution in [-0.2, 0) is 17.9 Å². The summed E-state index contributed by atoms with van der Waals surface area (Å²) in [6.07, 6.45) is 0. The summed E-state index contributed by atoms with van der Waals surface area (Å²) in [7, 11) is 1.70. The fraction of sp³-hybridized carbons (Fsp3) is 0.294. The first-order valence-electron chi connectivity index (χ1n) is 6.95. The topological polar surface area (TPSA) is 30.5 Å². The van der Waals surface area contributed by atoms with E-state index in [4.69, 9.17) is 9.47 Å². The van der Waals surface area contributed by atoms with E-state index in [-0.39, 0.29) is 0 Å². The maximum atomic E-state index is 5.96. The Morgan fingerprint density at radius 1 is 1.05 bits per heavy atom. The Hall–Kier alpha value is -1.36. The van der Waals surface area contributed by atoms with E-state index in [1.165, 1.54) is 0 Å². The van der Waals surface area contributed by atoms with Crippen LogP contribution in [-0.4, -0.2) is 20.3 Å². The van der Waals surface area contributed by atoms with Crippen molar-refractivity contribution in [2.24, 2.45) is 0 Å². The van der Waals surface area contributed by atoms with Crippen molar-refractivity contribution >= 4 is 15.9 Å². The molecule has 2 rings (SSSR count). The molecule has 0 atom stereocenters. The Kier molecular flexibility index (Phi) is 6.73. The monoisotopic (exact) mass is 349 g/mol. The summed E-state index contributed by atoms with van der Waals surface area (Å²) < 4.78 is 12.1. The Morgan fingerprint density at radius 2 is 1.86 bits per heavy atom. The first-order valence-corrected chi connectivity index (χ1v) is 7.74. The normalized spacial score (nSPS) is 10.6. The lowest BCUT2D eigenvalue weighted by Gasteiger charge is -2.14. The third-order valence-electron chi connectivity index (χ3n) is 3.10. The fourth-order valence-corrected chi connectivity index (χ4v) is 2.46. The third-order valence-corrected chi connectivity index (χ3v) is 3.84. The number of rotatable bonds is 8. The van der Waals surface area contributed by atoms with Crippen LogP contribution >= 0.6 is 15.9 Å². The maximum absolute atomic E-state index is 5.96. The van der Waals surface area contributed by atoms with Gasteiger partial charge in [0.1, 0.15) is 12.4 Å². The summed E-state index contributed by atoms with van der Waals surface area (Å²) in [6, 6.07) is 16.2. The fourth-order valence-electron chi connectivity index (χ4n) is 1.97. The lowest BCUT2D eigenvalue weighted by atomic mass is 10.2. The van der Waals surface area contributed by atoms with Crippen molar-refractivity contribution in [3.8, 4) is 5.75 Å². The van der Waals surface area contributed by atoms with E-state index in [1.54, 1.807) is 7.11 Å². The van der Waals surface area contributed by atoms with E-state index in [9.17, 15) is 0 Å². The zero-order valence-electron chi connectivity index (χ0n) is 12.1. The summed E-state index contributed by atoms with van der Waals surface area (Å²) in [5.41, 5.74) is 2.29. The second kappa shape index (κ2) is 8.82. The van der Waals surface area contributed by atoms with Crippen molar-refractivity contribution < 1.29 is 9.47 Å². The molecule has 0 aliphatic carbocycles. The van der Waals surface area contributed by atoms with E-state index in [2.05, 4.69) is 33.4 Å². The number of hydrogen-bond acceptors (Lipinski definition) is 3. The second-order valence-electron chi connectivity index (χ2n) is 4.66. The van der Waals surface area contributed by atoms with Gasteiger partial charge in [0.15, 0.2) is 0 Å². The zero-order chi connectivity index (χ0) is 14.9. The molecule has 4 heteroatoms. The van der Waals surface area contributed by atoms with Gasteiger partial charge < -0.3 is 14.8 Å². The van der Waals surface area contributed by atoms with Gasteiger partial charge >= 0.3 is 0 Å². The molecule has 0 spiro atoms. The van der Waals surface area contributed by atoms with Gasteiger partial charge in [-0.15, -0.1) is 0 Å². The van der Waals surface area contributed by atoms with Crippen molar-refractivity contribution in [1.29, 1.82) is 0 Å². The molecular weight excluding hydrogens is 330 g/mol. The Morgan fingerprint density at radius 3 is 2.62 bits per heavy atom. The molecule has 0 saturated carbocycles. The molecule has 0 heterocycles. The summed E-state index contributed by atoms with van der Waals surface area (Å²) >= 11 is 3.59. The number of halogens is 1. The molecule has 112 valence electrons. The molecule has 0 aromatic heterocycles. The van der Waals surface area contributed by atoms with Gasteiger partial charge in [-0.2, -0.15) is 0 Å². The quantitative estimate of drug-likeness (QED) is 0.736. The maximum Gasteiger partial charge on any atom is 0.125 e. The van der Waals surface area contributed by atoms with E-state index in [0.29, 0.717) is 13.2 Å². The minimum absolute atomic E-state index is 0.572. The van der Waals surface area contributed by atoms with Crippen LogP contribution in [0.4, 0.5) is 0 Å². The molecule has 0 unspecified atom stereocenters. The molecule has 2 aromatic carbocycles. The SMILES string of the molecule is COCCNCc1c(Br)cccc1OCc1ccccc1. The van der Waals surface area contributed by atoms with Crippen LogP contribution in [0.3, 0.4) is 0 Å². The molecule has 21 heavy (non-hydrogen) atoms. The zero-order valence-corrected chi connectivity index (χ0v) is 13.7. The van der Waals surface area contributed by atoms with Crippen molar-refractivity contribution in [2.75, 3.05) is 20.3 Å². The predicted octanol–water partition coefficient (Wildman–Crippen LogP) is 3.76. The average Bonchev–Trinajstić information content (AvgIpc) is 2.52. The van der Waals surface area contributed by atoms with Crippen molar-refractivity contribution in [3.63, 3.8) is 0 Å². The highest BCUT2D eigenvalue weighted by Crippen LogP contribution is 2.27. The van der Waals surface area contributed by atoms with Crippen molar-refractivity contribution in [1.82, 2.24) is 5.32 Å². The van der Waals surface area contributed by atoms with Gasteiger partial charge in [0.05, 0.1) is 6.61 Å². The lowest BCUT2D eigenvalue weighted by Crippen LogP contribution is -2.19.